The van der Waals surface area contributed by atoms with E-state index in [1.165, 1.54) is 24.3 Å². The van der Waals surface area contributed by atoms with Gasteiger partial charge in [0.15, 0.2) is 10.4 Å². The Morgan fingerprint density at radius 1 is 1.12 bits per heavy atom. The molecule has 8 heteroatoms. The number of esters is 2. The molecular weight excluding hydrogens is 453 g/mol. The molecule has 1 heterocycles. The standard InChI is InChI=1S/C18H16INO6/c1-2-24-18(23)12-3-5-13(6-4-12)20-16(21)11-25-17(22)10-8-14-7-9-15(19)26-14/h3-10H,2,11H2,1H3,(H,20,21)/b10-8+. The van der Waals surface area contributed by atoms with Gasteiger partial charge in [0.1, 0.15) is 5.76 Å². The molecule has 0 saturated heterocycles. The Morgan fingerprint density at radius 3 is 2.46 bits per heavy atom. The quantitative estimate of drug-likeness (QED) is 0.380. The highest BCUT2D eigenvalue weighted by Crippen LogP contribution is 2.12. The molecule has 0 radical (unpaired) electrons. The lowest BCUT2D eigenvalue weighted by Gasteiger charge is -2.06. The maximum atomic E-state index is 11.8. The number of rotatable bonds is 7. The van der Waals surface area contributed by atoms with Gasteiger partial charge in [0.25, 0.3) is 5.91 Å². The first-order chi connectivity index (χ1) is 12.5. The number of hydrogen-bond donors (Lipinski definition) is 1. The molecule has 7 nitrogen and oxygen atoms in total. The van der Waals surface area contributed by atoms with Gasteiger partial charge < -0.3 is 19.2 Å². The summed E-state index contributed by atoms with van der Waals surface area (Å²) in [6.07, 6.45) is 2.63. The summed E-state index contributed by atoms with van der Waals surface area (Å²) in [5, 5.41) is 2.56. The van der Waals surface area contributed by atoms with Crippen LogP contribution in [0.2, 0.25) is 0 Å². The first-order valence-electron chi connectivity index (χ1n) is 7.65. The van der Waals surface area contributed by atoms with Crippen molar-refractivity contribution in [3.8, 4) is 0 Å². The van der Waals surface area contributed by atoms with Crippen molar-refractivity contribution in [2.75, 3.05) is 18.5 Å². The molecule has 0 atom stereocenters. The SMILES string of the molecule is CCOC(=O)c1ccc(NC(=O)COC(=O)/C=C/c2ccc(I)o2)cc1. The molecule has 1 amide bonds. The second-order valence-corrected chi connectivity index (χ2v) is 5.99. The molecule has 26 heavy (non-hydrogen) atoms. The number of carbonyl (C=O) groups is 3. The smallest absolute Gasteiger partial charge is 0.338 e. The molecule has 0 unspecified atom stereocenters. The van der Waals surface area contributed by atoms with Gasteiger partial charge in [0.2, 0.25) is 0 Å². The van der Waals surface area contributed by atoms with E-state index in [4.69, 9.17) is 13.9 Å². The summed E-state index contributed by atoms with van der Waals surface area (Å²) in [5.41, 5.74) is 0.855. The third-order valence-electron chi connectivity index (χ3n) is 3.00. The van der Waals surface area contributed by atoms with Gasteiger partial charge in [0, 0.05) is 11.8 Å². The van der Waals surface area contributed by atoms with E-state index in [-0.39, 0.29) is 6.61 Å². The number of furan rings is 1. The summed E-state index contributed by atoms with van der Waals surface area (Å²) in [6.45, 7) is 1.58. The molecule has 2 aromatic rings. The fraction of sp³-hybridized carbons (Fsp3) is 0.167. The summed E-state index contributed by atoms with van der Waals surface area (Å²) < 4.78 is 15.7. The Morgan fingerprint density at radius 2 is 1.85 bits per heavy atom. The minimum Gasteiger partial charge on any atom is -0.462 e. The zero-order chi connectivity index (χ0) is 18.9. The first kappa shape index (κ1) is 19.7. The van der Waals surface area contributed by atoms with Crippen LogP contribution in [0.25, 0.3) is 6.08 Å². The number of ether oxygens (including phenoxy) is 2. The minimum atomic E-state index is -0.663. The average Bonchev–Trinajstić information content (AvgIpc) is 3.04. The van der Waals surface area contributed by atoms with Crippen LogP contribution < -0.4 is 5.32 Å². The van der Waals surface area contributed by atoms with E-state index in [2.05, 4.69) is 5.32 Å². The third kappa shape index (κ3) is 6.36. The third-order valence-corrected chi connectivity index (χ3v) is 3.58. The van der Waals surface area contributed by atoms with E-state index in [9.17, 15) is 14.4 Å². The maximum Gasteiger partial charge on any atom is 0.338 e. The highest BCUT2D eigenvalue weighted by Gasteiger charge is 2.08. The van der Waals surface area contributed by atoms with E-state index in [1.54, 1.807) is 31.2 Å². The number of carbonyl (C=O) groups excluding carboxylic acids is 3. The summed E-state index contributed by atoms with van der Waals surface area (Å²) in [4.78, 5) is 34.9. The minimum absolute atomic E-state index is 0.288. The molecule has 0 bridgehead atoms. The molecule has 0 aliphatic rings. The summed E-state index contributed by atoms with van der Waals surface area (Å²) in [5.74, 6) is -1.08. The Hall–Kier alpha value is -2.62. The second-order valence-electron chi connectivity index (χ2n) is 4.93. The van der Waals surface area contributed by atoms with Crippen molar-refractivity contribution >= 4 is 52.2 Å². The average molecular weight is 469 g/mol. The molecule has 0 aliphatic carbocycles. The summed E-state index contributed by atoms with van der Waals surface area (Å²) >= 11 is 2.01. The summed E-state index contributed by atoms with van der Waals surface area (Å²) in [6, 6.07) is 9.65. The van der Waals surface area contributed by atoms with E-state index in [0.29, 0.717) is 20.8 Å². The van der Waals surface area contributed by atoms with E-state index < -0.39 is 24.5 Å². The predicted octanol–water partition coefficient (Wildman–Crippen LogP) is 3.26. The van der Waals surface area contributed by atoms with Crippen molar-refractivity contribution in [3.05, 3.63) is 57.6 Å². The van der Waals surface area contributed by atoms with E-state index in [0.717, 1.165) is 0 Å². The topological polar surface area (TPSA) is 94.8 Å². The lowest BCUT2D eigenvalue weighted by Crippen LogP contribution is -2.20. The van der Waals surface area contributed by atoms with Gasteiger partial charge in [-0.25, -0.2) is 9.59 Å². The Balaban J connectivity index is 1.78. The number of amides is 1. The van der Waals surface area contributed by atoms with Crippen LogP contribution in [0.5, 0.6) is 0 Å². The number of anilines is 1. The normalized spacial score (nSPS) is 10.5. The number of hydrogen-bond acceptors (Lipinski definition) is 6. The van der Waals surface area contributed by atoms with Gasteiger partial charge >= 0.3 is 11.9 Å². The van der Waals surface area contributed by atoms with Crippen LogP contribution in [0.3, 0.4) is 0 Å². The molecule has 1 N–H and O–H groups in total. The van der Waals surface area contributed by atoms with Crippen molar-refractivity contribution in [1.29, 1.82) is 0 Å². The second kappa shape index (κ2) is 9.76. The predicted molar refractivity (Wildman–Crippen MR) is 102 cm³/mol. The van der Waals surface area contributed by atoms with Crippen molar-refractivity contribution in [2.45, 2.75) is 6.92 Å². The maximum absolute atomic E-state index is 11.8. The summed E-state index contributed by atoms with van der Waals surface area (Å²) in [7, 11) is 0. The molecule has 1 aromatic heterocycles. The molecule has 0 aliphatic heterocycles. The van der Waals surface area contributed by atoms with Crippen LogP contribution in [0.1, 0.15) is 23.0 Å². The monoisotopic (exact) mass is 469 g/mol. The van der Waals surface area contributed by atoms with Gasteiger partial charge in [-0.3, -0.25) is 4.79 Å². The molecule has 136 valence electrons. The van der Waals surface area contributed by atoms with Crippen molar-refractivity contribution in [1.82, 2.24) is 0 Å². The number of benzene rings is 1. The lowest BCUT2D eigenvalue weighted by molar-refractivity contribution is -0.142. The Bertz CT molecular complexity index is 809. The van der Waals surface area contributed by atoms with Crippen molar-refractivity contribution < 1.29 is 28.3 Å². The van der Waals surface area contributed by atoms with Crippen LogP contribution in [-0.2, 0) is 19.1 Å². The molecule has 0 fully saturated rings. The highest BCUT2D eigenvalue weighted by molar-refractivity contribution is 14.1. The van der Waals surface area contributed by atoms with Crippen LogP contribution in [-0.4, -0.2) is 31.1 Å². The van der Waals surface area contributed by atoms with E-state index >= 15 is 0 Å². The molecule has 0 saturated carbocycles. The van der Waals surface area contributed by atoms with Crippen molar-refractivity contribution in [3.63, 3.8) is 0 Å². The first-order valence-corrected chi connectivity index (χ1v) is 8.73. The Kier molecular flexibility index (Phi) is 7.39. The van der Waals surface area contributed by atoms with Gasteiger partial charge in [-0.2, -0.15) is 0 Å². The van der Waals surface area contributed by atoms with Crippen LogP contribution in [0.4, 0.5) is 5.69 Å². The zero-order valence-electron chi connectivity index (χ0n) is 13.9. The number of halogens is 1. The van der Waals surface area contributed by atoms with Crippen molar-refractivity contribution in [2.24, 2.45) is 0 Å². The molecule has 1 aromatic carbocycles. The highest BCUT2D eigenvalue weighted by atomic mass is 127. The van der Waals surface area contributed by atoms with E-state index in [1.807, 2.05) is 22.6 Å². The van der Waals surface area contributed by atoms with Gasteiger partial charge in [-0.15, -0.1) is 0 Å². The fourth-order valence-electron chi connectivity index (χ4n) is 1.85. The van der Waals surface area contributed by atoms with Crippen LogP contribution in [0.15, 0.2) is 46.9 Å². The lowest BCUT2D eigenvalue weighted by atomic mass is 10.2. The van der Waals surface area contributed by atoms with Gasteiger partial charge in [-0.05, 0) is 72.0 Å². The fourth-order valence-corrected chi connectivity index (χ4v) is 2.29. The largest absolute Gasteiger partial charge is 0.462 e. The van der Waals surface area contributed by atoms with Gasteiger partial charge in [-0.1, -0.05) is 0 Å². The zero-order valence-corrected chi connectivity index (χ0v) is 16.0. The molecular formula is C18H16INO6. The van der Waals surface area contributed by atoms with Crippen LogP contribution in [0, 0.1) is 3.77 Å². The number of nitrogens with one attached hydrogen (secondary N) is 1. The molecule has 0 spiro atoms. The Labute approximate surface area is 163 Å². The molecule has 2 rings (SSSR count). The van der Waals surface area contributed by atoms with Crippen LogP contribution >= 0.6 is 22.6 Å². The van der Waals surface area contributed by atoms with Gasteiger partial charge in [0.05, 0.1) is 12.2 Å².